The number of hydrogen-bond acceptors (Lipinski definition) is 0. The molecule has 1 saturated carbocycles. The van der Waals surface area contributed by atoms with Crippen LogP contribution in [0, 0.1) is 5.41 Å². The molecule has 0 N–H and O–H groups in total. The third kappa shape index (κ3) is 2.59. The molecule has 0 spiro atoms. The number of rotatable bonds is 4. The van der Waals surface area contributed by atoms with Gasteiger partial charge < -0.3 is 0 Å². The van der Waals surface area contributed by atoms with E-state index in [4.69, 9.17) is 11.6 Å². The maximum Gasteiger partial charge on any atom is 0.0638 e. The van der Waals surface area contributed by atoms with E-state index in [1.54, 1.807) is 0 Å². The van der Waals surface area contributed by atoms with Crippen molar-refractivity contribution in [2.24, 2.45) is 5.41 Å². The fourth-order valence-electron chi connectivity index (χ4n) is 3.32. The van der Waals surface area contributed by atoms with Crippen LogP contribution in [0.25, 0.3) is 0 Å². The molecule has 100 valence electrons. The van der Waals surface area contributed by atoms with Gasteiger partial charge in [0, 0.05) is 0 Å². The molecule has 0 bridgehead atoms. The van der Waals surface area contributed by atoms with Gasteiger partial charge in [-0.2, -0.15) is 0 Å². The second kappa shape index (κ2) is 5.65. The molecule has 1 fully saturated rings. The van der Waals surface area contributed by atoms with Crippen LogP contribution < -0.4 is 0 Å². The first-order chi connectivity index (χ1) is 8.60. The van der Waals surface area contributed by atoms with Gasteiger partial charge in [0.05, 0.1) is 5.38 Å². The van der Waals surface area contributed by atoms with Crippen LogP contribution in [0.5, 0.6) is 0 Å². The highest BCUT2D eigenvalue weighted by molar-refractivity contribution is 6.21. The predicted octanol–water partition coefficient (Wildman–Crippen LogP) is 5.67. The van der Waals surface area contributed by atoms with Crippen LogP contribution in [0.4, 0.5) is 0 Å². The van der Waals surface area contributed by atoms with E-state index in [0.29, 0.717) is 5.41 Å². The first-order valence-electron chi connectivity index (χ1n) is 7.36. The fraction of sp³-hybridized carbons (Fsp3) is 0.647. The second-order valence-corrected chi connectivity index (χ2v) is 6.40. The van der Waals surface area contributed by atoms with E-state index in [0.717, 1.165) is 12.8 Å². The summed E-state index contributed by atoms with van der Waals surface area (Å²) in [7, 11) is 0. The lowest BCUT2D eigenvalue weighted by atomic mass is 9.81. The molecule has 0 heterocycles. The van der Waals surface area contributed by atoms with Gasteiger partial charge in [-0.1, -0.05) is 51.8 Å². The van der Waals surface area contributed by atoms with Crippen molar-refractivity contribution in [1.82, 2.24) is 0 Å². The number of hydrogen-bond donors (Lipinski definition) is 0. The topological polar surface area (TPSA) is 0 Å². The van der Waals surface area contributed by atoms with Gasteiger partial charge in [-0.15, -0.1) is 11.6 Å². The minimum Gasteiger partial charge on any atom is -0.117 e. The van der Waals surface area contributed by atoms with Crippen molar-refractivity contribution >= 4 is 11.6 Å². The molecular weight excluding hydrogens is 240 g/mol. The number of alkyl halides is 1. The minimum atomic E-state index is 0.177. The number of halogens is 1. The molecule has 0 saturated heterocycles. The Morgan fingerprint density at radius 3 is 2.28 bits per heavy atom. The molecule has 1 unspecified atom stereocenters. The van der Waals surface area contributed by atoms with E-state index in [9.17, 15) is 0 Å². The third-order valence-corrected chi connectivity index (χ3v) is 5.42. The summed E-state index contributed by atoms with van der Waals surface area (Å²) >= 11 is 6.78. The Bertz CT molecular complexity index is 402. The molecule has 0 aliphatic heterocycles. The summed E-state index contributed by atoms with van der Waals surface area (Å²) in [6, 6.07) is 6.88. The molecule has 1 aromatic rings. The summed E-state index contributed by atoms with van der Waals surface area (Å²) < 4.78 is 0. The zero-order valence-electron chi connectivity index (χ0n) is 11.9. The van der Waals surface area contributed by atoms with Crippen molar-refractivity contribution in [3.8, 4) is 0 Å². The second-order valence-electron chi connectivity index (χ2n) is 5.96. The molecule has 0 radical (unpaired) electrons. The zero-order chi connectivity index (χ0) is 13.2. The molecule has 0 nitrogen and oxygen atoms in total. The molecule has 1 aromatic carbocycles. The predicted molar refractivity (Wildman–Crippen MR) is 80.4 cm³/mol. The van der Waals surface area contributed by atoms with Crippen molar-refractivity contribution in [2.45, 2.75) is 64.7 Å². The maximum absolute atomic E-state index is 6.78. The average Bonchev–Trinajstić information content (AvgIpc) is 2.85. The van der Waals surface area contributed by atoms with E-state index in [1.807, 2.05) is 0 Å². The summed E-state index contributed by atoms with van der Waals surface area (Å²) in [6.45, 7) is 6.82. The summed E-state index contributed by atoms with van der Waals surface area (Å²) in [5.74, 6) is 0. The Balaban J connectivity index is 2.27. The Morgan fingerprint density at radius 1 is 1.11 bits per heavy atom. The van der Waals surface area contributed by atoms with Crippen LogP contribution in [0.1, 0.15) is 68.5 Å². The van der Waals surface area contributed by atoms with Crippen molar-refractivity contribution in [3.63, 3.8) is 0 Å². The van der Waals surface area contributed by atoms with Gasteiger partial charge >= 0.3 is 0 Å². The molecular formula is C17H25Cl. The van der Waals surface area contributed by atoms with Gasteiger partial charge in [-0.05, 0) is 47.8 Å². The number of benzene rings is 1. The zero-order valence-corrected chi connectivity index (χ0v) is 12.7. The van der Waals surface area contributed by atoms with Crippen LogP contribution in [0.2, 0.25) is 0 Å². The van der Waals surface area contributed by atoms with E-state index in [2.05, 4.69) is 39.0 Å². The maximum atomic E-state index is 6.78. The van der Waals surface area contributed by atoms with Gasteiger partial charge in [-0.25, -0.2) is 0 Å². The molecule has 1 heteroatoms. The van der Waals surface area contributed by atoms with Gasteiger partial charge in [0.25, 0.3) is 0 Å². The first-order valence-corrected chi connectivity index (χ1v) is 7.80. The summed E-state index contributed by atoms with van der Waals surface area (Å²) in [5.41, 5.74) is 4.58. The van der Waals surface area contributed by atoms with Gasteiger partial charge in [0.15, 0.2) is 0 Å². The summed E-state index contributed by atoms with van der Waals surface area (Å²) in [4.78, 5) is 0. The molecule has 1 aliphatic rings. The highest BCUT2D eigenvalue weighted by Crippen LogP contribution is 2.50. The van der Waals surface area contributed by atoms with Crippen LogP contribution in [-0.4, -0.2) is 0 Å². The van der Waals surface area contributed by atoms with Crippen LogP contribution >= 0.6 is 11.6 Å². The molecule has 18 heavy (non-hydrogen) atoms. The van der Waals surface area contributed by atoms with Crippen LogP contribution in [0.3, 0.4) is 0 Å². The number of aryl methyl sites for hydroxylation is 2. The fourth-order valence-corrected chi connectivity index (χ4v) is 3.67. The van der Waals surface area contributed by atoms with Crippen LogP contribution in [0.15, 0.2) is 18.2 Å². The van der Waals surface area contributed by atoms with E-state index >= 15 is 0 Å². The Morgan fingerprint density at radius 2 is 1.72 bits per heavy atom. The molecule has 1 atom stereocenters. The van der Waals surface area contributed by atoms with Crippen LogP contribution in [-0.2, 0) is 12.8 Å². The summed E-state index contributed by atoms with van der Waals surface area (Å²) in [5, 5.41) is 0.177. The molecule has 0 amide bonds. The standard InChI is InChI=1S/C17H25Cl/c1-4-13-8-9-15(12-14(13)5-2)16(18)17(3)10-6-7-11-17/h8-9,12,16H,4-7,10-11H2,1-3H3. The third-order valence-electron chi connectivity index (χ3n) is 4.64. The van der Waals surface area contributed by atoms with Gasteiger partial charge in [0.2, 0.25) is 0 Å². The van der Waals surface area contributed by atoms with Crippen molar-refractivity contribution < 1.29 is 0 Å². The van der Waals surface area contributed by atoms with Gasteiger partial charge in [0.1, 0.15) is 0 Å². The quantitative estimate of drug-likeness (QED) is 0.615. The molecule has 2 rings (SSSR count). The van der Waals surface area contributed by atoms with Crippen molar-refractivity contribution in [1.29, 1.82) is 0 Å². The van der Waals surface area contributed by atoms with E-state index in [1.165, 1.54) is 42.4 Å². The highest BCUT2D eigenvalue weighted by atomic mass is 35.5. The van der Waals surface area contributed by atoms with E-state index in [-0.39, 0.29) is 5.38 Å². The smallest absolute Gasteiger partial charge is 0.0638 e. The highest BCUT2D eigenvalue weighted by Gasteiger charge is 2.36. The largest absolute Gasteiger partial charge is 0.117 e. The molecule has 1 aliphatic carbocycles. The monoisotopic (exact) mass is 264 g/mol. The van der Waals surface area contributed by atoms with E-state index < -0.39 is 0 Å². The van der Waals surface area contributed by atoms with Crippen molar-refractivity contribution in [2.75, 3.05) is 0 Å². The first kappa shape index (κ1) is 13.9. The average molecular weight is 265 g/mol. The van der Waals surface area contributed by atoms with Crippen molar-refractivity contribution in [3.05, 3.63) is 34.9 Å². The normalized spacial score (nSPS) is 20.0. The summed E-state index contributed by atoms with van der Waals surface area (Å²) in [6.07, 6.45) is 7.46. The lowest BCUT2D eigenvalue weighted by Gasteiger charge is -2.30. The Hall–Kier alpha value is -0.490. The lowest BCUT2D eigenvalue weighted by Crippen LogP contribution is -2.18. The Kier molecular flexibility index (Phi) is 4.37. The molecule has 0 aromatic heterocycles. The Labute approximate surface area is 117 Å². The lowest BCUT2D eigenvalue weighted by molar-refractivity contribution is 0.321. The minimum absolute atomic E-state index is 0.177. The SMILES string of the molecule is CCc1ccc(C(Cl)C2(C)CCCC2)cc1CC. The van der Waals surface area contributed by atoms with Gasteiger partial charge in [-0.3, -0.25) is 0 Å².